The second-order valence-corrected chi connectivity index (χ2v) is 4.51. The summed E-state index contributed by atoms with van der Waals surface area (Å²) in [5, 5.41) is 0. The maximum absolute atomic E-state index is 12.1. The molecule has 1 amide bonds. The van der Waals surface area contributed by atoms with Gasteiger partial charge in [0.1, 0.15) is 0 Å². The van der Waals surface area contributed by atoms with Crippen LogP contribution >= 0.6 is 0 Å². The van der Waals surface area contributed by atoms with Gasteiger partial charge >= 0.3 is 0 Å². The van der Waals surface area contributed by atoms with Crippen molar-refractivity contribution in [3.8, 4) is 0 Å². The number of hydrogen-bond acceptors (Lipinski definition) is 1. The van der Waals surface area contributed by atoms with Crippen LogP contribution in [0.4, 0.5) is 0 Å². The molecule has 1 aliphatic rings. The average Bonchev–Trinajstić information content (AvgIpc) is 2.32. The van der Waals surface area contributed by atoms with Crippen LogP contribution in [0, 0.1) is 6.92 Å². The Morgan fingerprint density at radius 3 is 2.87 bits per heavy atom. The molecule has 80 valence electrons. The lowest BCUT2D eigenvalue weighted by molar-refractivity contribution is 0.0799. The number of nitrogens with zero attached hydrogens (tertiary/aromatic N) is 1. The van der Waals surface area contributed by atoms with Crippen molar-refractivity contribution in [3.63, 3.8) is 0 Å². The van der Waals surface area contributed by atoms with Crippen LogP contribution in [0.25, 0.3) is 0 Å². The highest BCUT2D eigenvalue weighted by Gasteiger charge is 2.23. The van der Waals surface area contributed by atoms with Gasteiger partial charge in [0.2, 0.25) is 0 Å². The smallest absolute Gasteiger partial charge is 0.253 e. The van der Waals surface area contributed by atoms with Crippen LogP contribution < -0.4 is 0 Å². The highest BCUT2D eigenvalue weighted by Crippen LogP contribution is 2.28. The van der Waals surface area contributed by atoms with Crippen LogP contribution in [0.2, 0.25) is 0 Å². The molecule has 0 N–H and O–H groups in total. The van der Waals surface area contributed by atoms with Gasteiger partial charge in [-0.3, -0.25) is 4.79 Å². The van der Waals surface area contributed by atoms with Gasteiger partial charge in [-0.25, -0.2) is 0 Å². The lowest BCUT2D eigenvalue weighted by atomic mass is 9.93. The highest BCUT2D eigenvalue weighted by molar-refractivity contribution is 5.96. The SMILES string of the molecule is Cc1ccc2c(c1)C(=O)N(C)CCC2C. The molecule has 1 unspecified atom stereocenters. The summed E-state index contributed by atoms with van der Waals surface area (Å²) in [6.07, 6.45) is 1.05. The summed E-state index contributed by atoms with van der Waals surface area (Å²) in [7, 11) is 1.88. The molecule has 0 saturated heterocycles. The van der Waals surface area contributed by atoms with Crippen molar-refractivity contribution in [2.24, 2.45) is 0 Å². The van der Waals surface area contributed by atoms with E-state index in [0.29, 0.717) is 5.92 Å². The van der Waals surface area contributed by atoms with Crippen molar-refractivity contribution in [3.05, 3.63) is 34.9 Å². The monoisotopic (exact) mass is 203 g/mol. The van der Waals surface area contributed by atoms with E-state index in [-0.39, 0.29) is 5.91 Å². The molecule has 0 aliphatic carbocycles. The highest BCUT2D eigenvalue weighted by atomic mass is 16.2. The normalized spacial score (nSPS) is 21.1. The Morgan fingerprint density at radius 2 is 2.13 bits per heavy atom. The summed E-state index contributed by atoms with van der Waals surface area (Å²) in [4.78, 5) is 13.9. The van der Waals surface area contributed by atoms with E-state index in [1.165, 1.54) is 5.56 Å². The average molecular weight is 203 g/mol. The number of hydrogen-bond donors (Lipinski definition) is 0. The molecule has 1 aromatic carbocycles. The molecule has 0 radical (unpaired) electrons. The van der Waals surface area contributed by atoms with Crippen molar-refractivity contribution in [2.45, 2.75) is 26.2 Å². The summed E-state index contributed by atoms with van der Waals surface area (Å²) in [5.74, 6) is 0.646. The topological polar surface area (TPSA) is 20.3 Å². The third kappa shape index (κ3) is 1.76. The molecule has 0 aromatic heterocycles. The molecular formula is C13H17NO. The van der Waals surface area contributed by atoms with Gasteiger partial charge in [-0.15, -0.1) is 0 Å². The number of fused-ring (bicyclic) bond motifs is 1. The molecule has 0 spiro atoms. The van der Waals surface area contributed by atoms with Gasteiger partial charge in [0.15, 0.2) is 0 Å². The maximum atomic E-state index is 12.1. The summed E-state index contributed by atoms with van der Waals surface area (Å²) >= 11 is 0. The zero-order valence-corrected chi connectivity index (χ0v) is 9.58. The third-order valence-corrected chi connectivity index (χ3v) is 3.21. The molecule has 1 heterocycles. The van der Waals surface area contributed by atoms with Gasteiger partial charge in [-0.1, -0.05) is 24.6 Å². The molecule has 0 saturated carbocycles. The first-order chi connectivity index (χ1) is 7.09. The van der Waals surface area contributed by atoms with E-state index >= 15 is 0 Å². The Hall–Kier alpha value is -1.31. The van der Waals surface area contributed by atoms with E-state index < -0.39 is 0 Å². The Balaban J connectivity index is 2.55. The fraction of sp³-hybridized carbons (Fsp3) is 0.462. The van der Waals surface area contributed by atoms with E-state index in [0.717, 1.165) is 24.1 Å². The van der Waals surface area contributed by atoms with E-state index in [9.17, 15) is 4.79 Å². The van der Waals surface area contributed by atoms with E-state index in [1.54, 1.807) is 0 Å². The van der Waals surface area contributed by atoms with Gasteiger partial charge in [0, 0.05) is 19.2 Å². The van der Waals surface area contributed by atoms with Crippen LogP contribution in [-0.4, -0.2) is 24.4 Å². The lowest BCUT2D eigenvalue weighted by Gasteiger charge is -2.14. The number of aryl methyl sites for hydroxylation is 1. The maximum Gasteiger partial charge on any atom is 0.253 e. The number of amides is 1. The summed E-state index contributed by atoms with van der Waals surface area (Å²) in [6, 6.07) is 6.20. The minimum atomic E-state index is 0.165. The lowest BCUT2D eigenvalue weighted by Crippen LogP contribution is -2.26. The van der Waals surface area contributed by atoms with Crippen LogP contribution in [0.15, 0.2) is 18.2 Å². The Labute approximate surface area is 90.9 Å². The van der Waals surface area contributed by atoms with Gasteiger partial charge in [0.25, 0.3) is 5.91 Å². The fourth-order valence-corrected chi connectivity index (χ4v) is 2.14. The Bertz CT molecular complexity index is 398. The first kappa shape index (κ1) is 10.2. The van der Waals surface area contributed by atoms with Crippen molar-refractivity contribution in [1.82, 2.24) is 4.90 Å². The fourth-order valence-electron chi connectivity index (χ4n) is 2.14. The van der Waals surface area contributed by atoms with Crippen LogP contribution in [0.1, 0.15) is 40.7 Å². The van der Waals surface area contributed by atoms with Gasteiger partial charge in [-0.2, -0.15) is 0 Å². The predicted octanol–water partition coefficient (Wildman–Crippen LogP) is 2.57. The van der Waals surface area contributed by atoms with Crippen molar-refractivity contribution in [1.29, 1.82) is 0 Å². The van der Waals surface area contributed by atoms with E-state index in [1.807, 2.05) is 24.9 Å². The standard InChI is InChI=1S/C13H17NO/c1-9-4-5-11-10(2)6-7-14(3)13(15)12(11)8-9/h4-5,8,10H,6-7H2,1-3H3. The molecule has 0 fully saturated rings. The number of carbonyl (C=O) groups is 1. The predicted molar refractivity (Wildman–Crippen MR) is 61.2 cm³/mol. The first-order valence-electron chi connectivity index (χ1n) is 5.45. The zero-order chi connectivity index (χ0) is 11.0. The second kappa shape index (κ2) is 3.69. The molecule has 2 rings (SSSR count). The van der Waals surface area contributed by atoms with Crippen molar-refractivity contribution < 1.29 is 4.79 Å². The van der Waals surface area contributed by atoms with Gasteiger partial charge in [0.05, 0.1) is 0 Å². The largest absolute Gasteiger partial charge is 0.342 e. The zero-order valence-electron chi connectivity index (χ0n) is 9.58. The molecule has 1 aliphatic heterocycles. The Morgan fingerprint density at radius 1 is 1.40 bits per heavy atom. The van der Waals surface area contributed by atoms with Crippen LogP contribution in [-0.2, 0) is 0 Å². The van der Waals surface area contributed by atoms with Crippen molar-refractivity contribution in [2.75, 3.05) is 13.6 Å². The Kier molecular flexibility index (Phi) is 2.51. The quantitative estimate of drug-likeness (QED) is 0.634. The summed E-state index contributed by atoms with van der Waals surface area (Å²) < 4.78 is 0. The molecule has 2 nitrogen and oxygen atoms in total. The second-order valence-electron chi connectivity index (χ2n) is 4.51. The number of benzene rings is 1. The van der Waals surface area contributed by atoms with Crippen LogP contribution in [0.3, 0.4) is 0 Å². The number of carbonyl (C=O) groups excluding carboxylic acids is 1. The molecule has 0 bridgehead atoms. The van der Waals surface area contributed by atoms with Crippen molar-refractivity contribution >= 4 is 5.91 Å². The number of rotatable bonds is 0. The molecular weight excluding hydrogens is 186 g/mol. The van der Waals surface area contributed by atoms with Gasteiger partial charge < -0.3 is 4.90 Å². The first-order valence-corrected chi connectivity index (χ1v) is 5.45. The summed E-state index contributed by atoms with van der Waals surface area (Å²) in [6.45, 7) is 5.08. The minimum absolute atomic E-state index is 0.165. The van der Waals surface area contributed by atoms with E-state index in [2.05, 4.69) is 19.1 Å². The third-order valence-electron chi connectivity index (χ3n) is 3.21. The molecule has 2 heteroatoms. The van der Waals surface area contributed by atoms with Crippen LogP contribution in [0.5, 0.6) is 0 Å². The summed E-state index contributed by atoms with van der Waals surface area (Å²) in [5.41, 5.74) is 3.25. The van der Waals surface area contributed by atoms with Gasteiger partial charge in [-0.05, 0) is 30.9 Å². The molecule has 1 aromatic rings. The van der Waals surface area contributed by atoms with E-state index in [4.69, 9.17) is 0 Å². The molecule has 1 atom stereocenters. The molecule has 15 heavy (non-hydrogen) atoms. The minimum Gasteiger partial charge on any atom is -0.342 e.